The van der Waals surface area contributed by atoms with Crippen LogP contribution in [0, 0.1) is 0 Å². The monoisotopic (exact) mass is 566 g/mol. The minimum absolute atomic E-state index is 0.0461. The van der Waals surface area contributed by atoms with Crippen LogP contribution in [0.25, 0.3) is 22.3 Å². The van der Waals surface area contributed by atoms with Gasteiger partial charge in [-0.15, -0.1) is 0 Å². The Hall–Kier alpha value is -3.67. The number of fused-ring (bicyclic) bond motifs is 6. The third-order valence-electron chi connectivity index (χ3n) is 10.7. The van der Waals surface area contributed by atoms with E-state index in [-0.39, 0.29) is 10.8 Å². The van der Waals surface area contributed by atoms with E-state index in [1.165, 1.54) is 44.5 Å². The van der Waals surface area contributed by atoms with Crippen molar-refractivity contribution in [1.29, 1.82) is 0 Å². The van der Waals surface area contributed by atoms with E-state index in [1.54, 1.807) is 0 Å². The molecule has 0 radical (unpaired) electrons. The summed E-state index contributed by atoms with van der Waals surface area (Å²) in [6, 6.07) is 41.0. The second kappa shape index (κ2) is 9.96. The smallest absolute Gasteiger partial charge is 0.171 e. The molecule has 0 heterocycles. The van der Waals surface area contributed by atoms with Gasteiger partial charge in [-0.3, -0.25) is 0 Å². The largest absolute Gasteiger partial charge is 0.309 e. The van der Waals surface area contributed by atoms with Gasteiger partial charge < -0.3 is 4.57 Å². The van der Waals surface area contributed by atoms with Crippen LogP contribution in [-0.2, 0) is 15.4 Å². The molecule has 0 amide bonds. The number of hydrogen-bond donors (Lipinski definition) is 0. The zero-order valence-electron chi connectivity index (χ0n) is 25.2. The molecule has 5 aromatic rings. The van der Waals surface area contributed by atoms with Crippen LogP contribution in [0.2, 0.25) is 0 Å². The molecule has 2 heteroatoms. The van der Waals surface area contributed by atoms with Crippen molar-refractivity contribution >= 4 is 23.1 Å². The van der Waals surface area contributed by atoms with E-state index in [9.17, 15) is 0 Å². The average molecular weight is 567 g/mol. The highest BCUT2D eigenvalue weighted by Crippen LogP contribution is 2.59. The summed E-state index contributed by atoms with van der Waals surface area (Å²) < 4.78 is 15.3. The summed E-state index contributed by atoms with van der Waals surface area (Å²) in [7, 11) is -3.07. The molecule has 0 atom stereocenters. The lowest BCUT2D eigenvalue weighted by Crippen LogP contribution is -2.28. The van der Waals surface area contributed by atoms with Crippen LogP contribution < -0.4 is 15.9 Å². The number of benzene rings is 5. The van der Waals surface area contributed by atoms with Crippen LogP contribution >= 0.6 is 7.14 Å². The number of rotatable bonds is 7. The topological polar surface area (TPSA) is 17.1 Å². The van der Waals surface area contributed by atoms with E-state index >= 15 is 4.57 Å². The maximum Gasteiger partial charge on any atom is 0.171 e. The molecule has 0 fully saturated rings. The summed E-state index contributed by atoms with van der Waals surface area (Å²) in [6.45, 7) is 9.36. The van der Waals surface area contributed by atoms with Gasteiger partial charge in [-0.1, -0.05) is 131 Å². The van der Waals surface area contributed by atoms with Crippen molar-refractivity contribution in [3.63, 3.8) is 0 Å². The van der Waals surface area contributed by atoms with Gasteiger partial charge in [0.1, 0.15) is 0 Å². The average Bonchev–Trinajstić information content (AvgIpc) is 3.50. The van der Waals surface area contributed by atoms with Crippen molar-refractivity contribution < 1.29 is 4.57 Å². The van der Waals surface area contributed by atoms with Crippen molar-refractivity contribution in [3.05, 3.63) is 138 Å². The molecule has 0 bridgehead atoms. The third kappa shape index (κ3) is 3.47. The highest BCUT2D eigenvalue weighted by atomic mass is 31.2. The Morgan fingerprint density at radius 3 is 1.43 bits per heavy atom. The first-order valence-corrected chi connectivity index (χ1v) is 17.3. The van der Waals surface area contributed by atoms with E-state index < -0.39 is 7.14 Å². The summed E-state index contributed by atoms with van der Waals surface area (Å²) in [5.74, 6) is 0. The van der Waals surface area contributed by atoms with E-state index in [0.717, 1.165) is 41.6 Å². The van der Waals surface area contributed by atoms with Crippen LogP contribution in [0.1, 0.15) is 75.6 Å². The van der Waals surface area contributed by atoms with Gasteiger partial charge in [0.15, 0.2) is 7.14 Å². The van der Waals surface area contributed by atoms with Crippen molar-refractivity contribution in [1.82, 2.24) is 0 Å². The Kier molecular flexibility index (Phi) is 6.45. The van der Waals surface area contributed by atoms with Crippen molar-refractivity contribution in [3.8, 4) is 22.3 Å². The Morgan fingerprint density at radius 2 is 0.881 bits per heavy atom. The van der Waals surface area contributed by atoms with Gasteiger partial charge in [0.05, 0.1) is 0 Å². The molecular weight excluding hydrogens is 527 g/mol. The standard InChI is InChI=1S/C40H39OP/c1-5-39(6-2)35-22-16-15-21-31(35)33-26-34-32-24-23-30(25-36(32)40(7-3,8-4)38(34)27-37(33)39)42(41,28-17-11-9-12-18-28)29-19-13-10-14-20-29/h9-27H,5-8H2,1-4H3. The minimum Gasteiger partial charge on any atom is -0.309 e. The third-order valence-corrected chi connectivity index (χ3v) is 13.8. The lowest BCUT2D eigenvalue weighted by molar-refractivity contribution is 0.476. The predicted molar refractivity (Wildman–Crippen MR) is 179 cm³/mol. The molecule has 7 rings (SSSR count). The fraction of sp³-hybridized carbons (Fsp3) is 0.250. The molecule has 2 aliphatic carbocycles. The Balaban J connectivity index is 1.49. The van der Waals surface area contributed by atoms with Gasteiger partial charge in [-0.05, 0) is 82.3 Å². The lowest BCUT2D eigenvalue weighted by Gasteiger charge is -2.33. The summed E-state index contributed by atoms with van der Waals surface area (Å²) in [6.07, 6.45) is 4.19. The van der Waals surface area contributed by atoms with Crippen LogP contribution in [0.5, 0.6) is 0 Å². The van der Waals surface area contributed by atoms with E-state index in [0.29, 0.717) is 0 Å². The normalized spacial score (nSPS) is 15.5. The molecule has 2 aliphatic rings. The SMILES string of the molecule is CCC1(CC)c2ccccc2-c2cc3c(cc21)C(CC)(CC)c1cc(P(=O)(c2ccccc2)c2ccccc2)ccc1-3. The van der Waals surface area contributed by atoms with Gasteiger partial charge in [-0.2, -0.15) is 0 Å². The van der Waals surface area contributed by atoms with E-state index in [4.69, 9.17) is 0 Å². The summed E-state index contributed by atoms with van der Waals surface area (Å²) in [5, 5.41) is 2.69. The fourth-order valence-corrected chi connectivity index (χ4v) is 11.0. The van der Waals surface area contributed by atoms with Crippen LogP contribution in [-0.4, -0.2) is 0 Å². The molecule has 0 saturated heterocycles. The molecular formula is C40H39OP. The van der Waals surface area contributed by atoms with Crippen molar-refractivity contribution in [2.75, 3.05) is 0 Å². The first-order valence-electron chi connectivity index (χ1n) is 15.6. The highest BCUT2D eigenvalue weighted by Gasteiger charge is 2.46. The quantitative estimate of drug-likeness (QED) is 0.179. The zero-order chi connectivity index (χ0) is 29.1. The Bertz CT molecular complexity index is 1800. The van der Waals surface area contributed by atoms with Gasteiger partial charge in [-0.25, -0.2) is 0 Å². The van der Waals surface area contributed by atoms with E-state index in [2.05, 4.69) is 82.3 Å². The first kappa shape index (κ1) is 27.2. The number of hydrogen-bond acceptors (Lipinski definition) is 1. The molecule has 0 aromatic heterocycles. The summed E-state index contributed by atoms with van der Waals surface area (Å²) in [5.41, 5.74) is 11.1. The molecule has 1 nitrogen and oxygen atoms in total. The maximum absolute atomic E-state index is 15.3. The van der Waals surface area contributed by atoms with E-state index in [1.807, 2.05) is 60.7 Å². The predicted octanol–water partition coefficient (Wildman–Crippen LogP) is 9.50. The van der Waals surface area contributed by atoms with Crippen LogP contribution in [0.15, 0.2) is 115 Å². The molecule has 42 heavy (non-hydrogen) atoms. The van der Waals surface area contributed by atoms with Gasteiger partial charge in [0, 0.05) is 26.7 Å². The molecule has 0 unspecified atom stereocenters. The zero-order valence-corrected chi connectivity index (χ0v) is 26.0. The second-order valence-electron chi connectivity index (χ2n) is 12.1. The Morgan fingerprint density at radius 1 is 0.429 bits per heavy atom. The molecule has 0 saturated carbocycles. The lowest BCUT2D eigenvalue weighted by atomic mass is 9.70. The van der Waals surface area contributed by atoms with Gasteiger partial charge >= 0.3 is 0 Å². The molecule has 5 aromatic carbocycles. The van der Waals surface area contributed by atoms with Crippen molar-refractivity contribution in [2.45, 2.75) is 64.2 Å². The van der Waals surface area contributed by atoms with Gasteiger partial charge in [0.2, 0.25) is 0 Å². The molecule has 0 N–H and O–H groups in total. The molecule has 0 aliphatic heterocycles. The molecule has 0 spiro atoms. The summed E-state index contributed by atoms with van der Waals surface area (Å²) in [4.78, 5) is 0. The minimum atomic E-state index is -3.07. The van der Waals surface area contributed by atoms with Crippen molar-refractivity contribution in [2.24, 2.45) is 0 Å². The summed E-state index contributed by atoms with van der Waals surface area (Å²) >= 11 is 0. The molecule has 210 valence electrons. The van der Waals surface area contributed by atoms with Crippen LogP contribution in [0.4, 0.5) is 0 Å². The highest BCUT2D eigenvalue weighted by molar-refractivity contribution is 7.85. The maximum atomic E-state index is 15.3. The fourth-order valence-electron chi connectivity index (χ4n) is 8.37. The van der Waals surface area contributed by atoms with Crippen LogP contribution in [0.3, 0.4) is 0 Å². The first-order chi connectivity index (χ1) is 20.5. The second-order valence-corrected chi connectivity index (χ2v) is 14.8. The van der Waals surface area contributed by atoms with Gasteiger partial charge in [0.25, 0.3) is 0 Å². The Labute approximate surface area is 251 Å².